The van der Waals surface area contributed by atoms with Crippen molar-refractivity contribution in [3.8, 4) is 33.4 Å². The van der Waals surface area contributed by atoms with E-state index < -0.39 is 0 Å². The normalized spacial score (nSPS) is 13.9. The van der Waals surface area contributed by atoms with E-state index in [9.17, 15) is 0 Å². The Kier molecular flexibility index (Phi) is 8.35. The van der Waals surface area contributed by atoms with E-state index in [4.69, 9.17) is 4.99 Å². The zero-order chi connectivity index (χ0) is 39.3. The van der Waals surface area contributed by atoms with Crippen LogP contribution in [0.5, 0.6) is 0 Å². The third-order valence-corrected chi connectivity index (χ3v) is 11.7. The number of amidine groups is 1. The van der Waals surface area contributed by atoms with Crippen LogP contribution in [0.25, 0.3) is 82.2 Å². The SMILES string of the molecule is Cc1cc(-c2cccnc2)ccc1C1=CC(c2cccc(-c3cc4ccccc4c4ccccc34)c2)NC(c2cccc(-c3cc4c#cccc4c4ccccc34)c2)=N1. The summed E-state index contributed by atoms with van der Waals surface area (Å²) in [5.74, 6) is 0.830. The summed E-state index contributed by atoms with van der Waals surface area (Å²) in [5.41, 5.74) is 12.3. The molecule has 276 valence electrons. The lowest BCUT2D eigenvalue weighted by molar-refractivity contribution is 0.781. The number of hydrogen-bond acceptors (Lipinski definition) is 3. The number of fused-ring (bicyclic) bond motifs is 6. The van der Waals surface area contributed by atoms with E-state index in [-0.39, 0.29) is 6.04 Å². The van der Waals surface area contributed by atoms with Crippen LogP contribution in [0.4, 0.5) is 0 Å². The van der Waals surface area contributed by atoms with Gasteiger partial charge in [-0.15, -0.1) is 0 Å². The smallest absolute Gasteiger partial charge is 0.134 e. The third-order valence-electron chi connectivity index (χ3n) is 11.7. The molecular formula is C56H37N3. The summed E-state index contributed by atoms with van der Waals surface area (Å²) in [6, 6.07) is 69.6. The first-order valence-corrected chi connectivity index (χ1v) is 20.1. The second kappa shape index (κ2) is 14.3. The van der Waals surface area contributed by atoms with Crippen molar-refractivity contribution in [2.24, 2.45) is 4.99 Å². The van der Waals surface area contributed by atoms with E-state index in [1.165, 1.54) is 48.8 Å². The van der Waals surface area contributed by atoms with Crippen LogP contribution in [0.15, 0.2) is 199 Å². The zero-order valence-corrected chi connectivity index (χ0v) is 32.4. The van der Waals surface area contributed by atoms with Crippen molar-refractivity contribution in [1.82, 2.24) is 10.3 Å². The Morgan fingerprint density at radius 2 is 1.20 bits per heavy atom. The van der Waals surface area contributed by atoms with Crippen LogP contribution in [0, 0.1) is 19.1 Å². The quantitative estimate of drug-likeness (QED) is 0.172. The van der Waals surface area contributed by atoms with Gasteiger partial charge >= 0.3 is 0 Å². The highest BCUT2D eigenvalue weighted by molar-refractivity contribution is 6.15. The van der Waals surface area contributed by atoms with Gasteiger partial charge in [0.1, 0.15) is 5.84 Å². The summed E-state index contributed by atoms with van der Waals surface area (Å²) in [7, 11) is 0. The number of aromatic nitrogens is 1. The van der Waals surface area contributed by atoms with Crippen molar-refractivity contribution in [2.75, 3.05) is 0 Å². The van der Waals surface area contributed by atoms with Crippen molar-refractivity contribution in [3.05, 3.63) is 229 Å². The monoisotopic (exact) mass is 751 g/mol. The molecule has 1 N–H and O–H groups in total. The van der Waals surface area contributed by atoms with Crippen LogP contribution in [-0.2, 0) is 0 Å². The summed E-state index contributed by atoms with van der Waals surface area (Å²) >= 11 is 0. The first kappa shape index (κ1) is 34.4. The van der Waals surface area contributed by atoms with Gasteiger partial charge in [0.15, 0.2) is 0 Å². The Morgan fingerprint density at radius 1 is 0.508 bits per heavy atom. The van der Waals surface area contributed by atoms with E-state index in [1.54, 1.807) is 0 Å². The minimum Gasteiger partial charge on any atom is -0.359 e. The predicted octanol–water partition coefficient (Wildman–Crippen LogP) is 13.7. The van der Waals surface area contributed by atoms with Crippen LogP contribution in [0.2, 0.25) is 0 Å². The Hall–Kier alpha value is -7.80. The molecule has 3 heteroatoms. The largest absolute Gasteiger partial charge is 0.359 e. The molecule has 1 unspecified atom stereocenters. The summed E-state index contributed by atoms with van der Waals surface area (Å²) in [6.45, 7) is 2.17. The molecule has 0 aliphatic carbocycles. The molecule has 0 spiro atoms. The molecule has 0 amide bonds. The second-order valence-corrected chi connectivity index (χ2v) is 15.3. The first-order chi connectivity index (χ1) is 29.1. The molecule has 1 aliphatic rings. The number of benzene rings is 8. The molecule has 1 atom stereocenters. The highest BCUT2D eigenvalue weighted by Gasteiger charge is 2.22. The lowest BCUT2D eigenvalue weighted by Gasteiger charge is -2.26. The zero-order valence-electron chi connectivity index (χ0n) is 32.4. The van der Waals surface area contributed by atoms with Gasteiger partial charge < -0.3 is 5.32 Å². The van der Waals surface area contributed by atoms with Gasteiger partial charge in [0.25, 0.3) is 0 Å². The van der Waals surface area contributed by atoms with Gasteiger partial charge in [-0.25, -0.2) is 4.99 Å². The average molecular weight is 752 g/mol. The average Bonchev–Trinajstić information content (AvgIpc) is 3.31. The van der Waals surface area contributed by atoms with Crippen molar-refractivity contribution >= 4 is 54.6 Å². The fourth-order valence-electron chi connectivity index (χ4n) is 8.87. The minimum atomic E-state index is -0.142. The molecule has 3 nitrogen and oxygen atoms in total. The fourth-order valence-corrected chi connectivity index (χ4v) is 8.87. The van der Waals surface area contributed by atoms with Crippen molar-refractivity contribution in [1.29, 1.82) is 0 Å². The van der Waals surface area contributed by atoms with Crippen LogP contribution in [0.1, 0.15) is 28.3 Å². The number of pyridine rings is 1. The Morgan fingerprint density at radius 3 is 2.00 bits per heavy atom. The summed E-state index contributed by atoms with van der Waals surface area (Å²) in [6.07, 6.45) is 6.01. The van der Waals surface area contributed by atoms with Gasteiger partial charge in [0.2, 0.25) is 0 Å². The molecule has 0 saturated heterocycles. The molecule has 9 aromatic carbocycles. The molecule has 0 bridgehead atoms. The lowest BCUT2D eigenvalue weighted by Crippen LogP contribution is -2.31. The standard InChI is InChI=1S/C56H37N3/c1-36-29-37(44-19-12-28-57-35-44)26-27-45(36)55-34-54(42-17-10-15-38(30-42)52-32-40-13-2-4-20-46(40)48-22-6-8-24-50(48)52)58-56(59-55)43-18-11-16-39(31-43)53-33-41-14-3-5-21-47(41)49-23-7-9-25-51(49)53/h2,4-13,15-35,54H,1H3,(H,58,59). The summed E-state index contributed by atoms with van der Waals surface area (Å²) in [5, 5.41) is 13.5. The first-order valence-electron chi connectivity index (χ1n) is 20.1. The molecule has 0 radical (unpaired) electrons. The Labute approximate surface area is 343 Å². The van der Waals surface area contributed by atoms with Crippen LogP contribution >= 0.6 is 0 Å². The van der Waals surface area contributed by atoms with Crippen molar-refractivity contribution in [3.63, 3.8) is 0 Å². The molecule has 0 fully saturated rings. The van der Waals surface area contributed by atoms with E-state index in [0.717, 1.165) is 61.4 Å². The molecule has 11 rings (SSSR count). The number of nitrogens with one attached hydrogen (secondary N) is 1. The van der Waals surface area contributed by atoms with Gasteiger partial charge in [0.05, 0.1) is 11.7 Å². The maximum absolute atomic E-state index is 5.41. The Balaban J connectivity index is 1.04. The molecule has 1 aliphatic heterocycles. The number of rotatable bonds is 6. The van der Waals surface area contributed by atoms with Gasteiger partial charge in [-0.05, 0) is 138 Å². The maximum Gasteiger partial charge on any atom is 0.134 e. The molecule has 1 aromatic heterocycles. The topological polar surface area (TPSA) is 37.3 Å². The van der Waals surface area contributed by atoms with E-state index in [0.29, 0.717) is 0 Å². The number of aliphatic imine (C=N–C) groups is 1. The van der Waals surface area contributed by atoms with Gasteiger partial charge in [-0.3, -0.25) is 4.98 Å². The highest BCUT2D eigenvalue weighted by Crippen LogP contribution is 2.39. The summed E-state index contributed by atoms with van der Waals surface area (Å²) < 4.78 is 0. The minimum absolute atomic E-state index is 0.142. The van der Waals surface area contributed by atoms with E-state index in [2.05, 4.69) is 199 Å². The van der Waals surface area contributed by atoms with E-state index >= 15 is 0 Å². The van der Waals surface area contributed by atoms with Crippen LogP contribution < -0.4 is 5.32 Å². The van der Waals surface area contributed by atoms with Crippen molar-refractivity contribution in [2.45, 2.75) is 13.0 Å². The molecule has 2 heterocycles. The number of aryl methyl sites for hydroxylation is 1. The number of hydrogen-bond donors (Lipinski definition) is 1. The lowest BCUT2D eigenvalue weighted by atomic mass is 9.91. The molecule has 10 aromatic rings. The molecular weight excluding hydrogens is 715 g/mol. The third kappa shape index (κ3) is 6.20. The number of nitrogens with zero attached hydrogens (tertiary/aromatic N) is 2. The van der Waals surface area contributed by atoms with Crippen LogP contribution in [0.3, 0.4) is 0 Å². The van der Waals surface area contributed by atoms with Gasteiger partial charge in [-0.1, -0.05) is 146 Å². The second-order valence-electron chi connectivity index (χ2n) is 15.3. The highest BCUT2D eigenvalue weighted by atomic mass is 15.0. The molecule has 59 heavy (non-hydrogen) atoms. The molecule has 0 saturated carbocycles. The fraction of sp³-hybridized carbons (Fsp3) is 0.0357. The Bertz CT molecular complexity index is 3320. The summed E-state index contributed by atoms with van der Waals surface area (Å²) in [4.78, 5) is 9.77. The van der Waals surface area contributed by atoms with Gasteiger partial charge in [0, 0.05) is 28.9 Å². The van der Waals surface area contributed by atoms with Gasteiger partial charge in [-0.2, -0.15) is 0 Å². The van der Waals surface area contributed by atoms with Crippen LogP contribution in [-0.4, -0.2) is 10.8 Å². The van der Waals surface area contributed by atoms with E-state index in [1.807, 2.05) is 24.5 Å². The predicted molar refractivity (Wildman–Crippen MR) is 246 cm³/mol. The van der Waals surface area contributed by atoms with Crippen molar-refractivity contribution < 1.29 is 0 Å². The maximum atomic E-state index is 5.41.